The monoisotopic (exact) mass is 370 g/mol. The molecule has 0 saturated carbocycles. The average Bonchev–Trinajstić information content (AvgIpc) is 2.59. The Balaban J connectivity index is 1.88. The lowest BCUT2D eigenvalue weighted by atomic mass is 10.1. The van der Waals surface area contributed by atoms with Gasteiger partial charge >= 0.3 is 6.03 Å². The highest BCUT2D eigenvalue weighted by Crippen LogP contribution is 2.21. The van der Waals surface area contributed by atoms with Gasteiger partial charge in [0.05, 0.1) is 9.82 Å². The fourth-order valence-electron chi connectivity index (χ4n) is 2.60. The van der Waals surface area contributed by atoms with Crippen LogP contribution < -0.4 is 10.0 Å². The van der Waals surface area contributed by atoms with Gasteiger partial charge in [-0.05, 0) is 32.3 Å². The van der Waals surface area contributed by atoms with Gasteiger partial charge < -0.3 is 10.2 Å². The highest BCUT2D eigenvalue weighted by Gasteiger charge is 2.20. The number of hydrogen-bond donors (Lipinski definition) is 2. The molecule has 0 bridgehead atoms. The molecule has 1 fully saturated rings. The van der Waals surface area contributed by atoms with E-state index < -0.39 is 14.9 Å². The van der Waals surface area contributed by atoms with E-state index in [-0.39, 0.29) is 29.7 Å². The molecule has 0 atom stereocenters. The second kappa shape index (κ2) is 8.26. The molecule has 0 spiro atoms. The molecular weight excluding hydrogens is 348 g/mol. The topological polar surface area (TPSA) is 122 Å². The predicted octanol–water partition coefficient (Wildman–Crippen LogP) is 1.38. The van der Waals surface area contributed by atoms with Crippen LogP contribution in [-0.4, -0.2) is 50.5 Å². The summed E-state index contributed by atoms with van der Waals surface area (Å²) < 4.78 is 26.8. The lowest BCUT2D eigenvalue weighted by Gasteiger charge is -2.26. The summed E-state index contributed by atoms with van der Waals surface area (Å²) in [5.74, 6) is 0. The van der Waals surface area contributed by atoms with Crippen LogP contribution >= 0.6 is 0 Å². The van der Waals surface area contributed by atoms with Crippen LogP contribution in [0.15, 0.2) is 23.1 Å². The maximum atomic E-state index is 12.2. The zero-order chi connectivity index (χ0) is 18.4. The standard InChI is InChI=1S/C15H22N4O5S/c1-12-5-6-13(11-14(12)19(21)22)25(23,24)17-8-7-16-15(20)18-9-3-2-4-10-18/h5-6,11,17H,2-4,7-10H2,1H3,(H,16,20). The quantitative estimate of drug-likeness (QED) is 0.445. The molecule has 1 heterocycles. The minimum Gasteiger partial charge on any atom is -0.337 e. The highest BCUT2D eigenvalue weighted by atomic mass is 32.2. The number of amides is 2. The summed E-state index contributed by atoms with van der Waals surface area (Å²) in [7, 11) is -3.88. The number of aryl methyl sites for hydroxylation is 1. The largest absolute Gasteiger partial charge is 0.337 e. The van der Waals surface area contributed by atoms with E-state index in [1.807, 2.05) is 0 Å². The van der Waals surface area contributed by atoms with Gasteiger partial charge in [-0.15, -0.1) is 0 Å². The minimum absolute atomic E-state index is 0.00356. The van der Waals surface area contributed by atoms with Gasteiger partial charge in [-0.2, -0.15) is 0 Å². The summed E-state index contributed by atoms with van der Waals surface area (Å²) in [6, 6.07) is 3.54. The third-order valence-electron chi connectivity index (χ3n) is 4.02. The molecule has 0 radical (unpaired) electrons. The van der Waals surface area contributed by atoms with Crippen LogP contribution in [0, 0.1) is 17.0 Å². The second-order valence-corrected chi connectivity index (χ2v) is 7.65. The maximum Gasteiger partial charge on any atom is 0.317 e. The zero-order valence-corrected chi connectivity index (χ0v) is 14.8. The number of rotatable bonds is 6. The number of sulfonamides is 1. The normalized spacial score (nSPS) is 15.0. The van der Waals surface area contributed by atoms with Crippen LogP contribution in [-0.2, 0) is 10.0 Å². The molecule has 1 saturated heterocycles. The summed E-state index contributed by atoms with van der Waals surface area (Å²) in [5, 5.41) is 13.6. The van der Waals surface area contributed by atoms with E-state index in [0.717, 1.165) is 25.3 Å². The molecule has 0 aromatic heterocycles. The van der Waals surface area contributed by atoms with Crippen molar-refractivity contribution in [3.05, 3.63) is 33.9 Å². The summed E-state index contributed by atoms with van der Waals surface area (Å²) in [6.45, 7) is 3.11. The molecule has 1 aliphatic heterocycles. The molecule has 1 aliphatic rings. The van der Waals surface area contributed by atoms with E-state index in [0.29, 0.717) is 18.7 Å². The van der Waals surface area contributed by atoms with Crippen LogP contribution in [0.25, 0.3) is 0 Å². The Bertz CT molecular complexity index is 744. The van der Waals surface area contributed by atoms with E-state index in [1.54, 1.807) is 4.90 Å². The van der Waals surface area contributed by atoms with Gasteiger partial charge in [-0.3, -0.25) is 10.1 Å². The van der Waals surface area contributed by atoms with Crippen molar-refractivity contribution in [3.8, 4) is 0 Å². The number of urea groups is 1. The van der Waals surface area contributed by atoms with Crippen LogP contribution in [0.1, 0.15) is 24.8 Å². The van der Waals surface area contributed by atoms with E-state index in [9.17, 15) is 23.3 Å². The summed E-state index contributed by atoms with van der Waals surface area (Å²) >= 11 is 0. The zero-order valence-electron chi connectivity index (χ0n) is 14.0. The number of likely N-dealkylation sites (tertiary alicyclic amines) is 1. The third-order valence-corrected chi connectivity index (χ3v) is 5.48. The van der Waals surface area contributed by atoms with Crippen molar-refractivity contribution in [1.82, 2.24) is 14.9 Å². The number of nitro benzene ring substituents is 1. The fraction of sp³-hybridized carbons (Fsp3) is 0.533. The molecule has 1 aromatic rings. The van der Waals surface area contributed by atoms with Crippen molar-refractivity contribution in [3.63, 3.8) is 0 Å². The van der Waals surface area contributed by atoms with Gasteiger partial charge in [0.15, 0.2) is 0 Å². The number of nitro groups is 1. The van der Waals surface area contributed by atoms with Crippen molar-refractivity contribution in [2.45, 2.75) is 31.1 Å². The Morgan fingerprint density at radius 1 is 1.24 bits per heavy atom. The summed E-state index contributed by atoms with van der Waals surface area (Å²) in [6.07, 6.45) is 3.07. The van der Waals surface area contributed by atoms with Crippen LogP contribution in [0.3, 0.4) is 0 Å². The van der Waals surface area contributed by atoms with Gasteiger partial charge in [0.2, 0.25) is 10.0 Å². The summed E-state index contributed by atoms with van der Waals surface area (Å²) in [4.78, 5) is 23.8. The van der Waals surface area contributed by atoms with Crippen LogP contribution in [0.4, 0.5) is 10.5 Å². The van der Waals surface area contributed by atoms with Gasteiger partial charge in [0, 0.05) is 37.8 Å². The number of nitrogens with zero attached hydrogens (tertiary/aromatic N) is 2. The van der Waals surface area contributed by atoms with E-state index in [2.05, 4.69) is 10.0 Å². The summed E-state index contributed by atoms with van der Waals surface area (Å²) in [5.41, 5.74) is 0.138. The number of carbonyl (C=O) groups is 1. The Morgan fingerprint density at radius 2 is 1.92 bits per heavy atom. The van der Waals surface area contributed by atoms with E-state index in [1.165, 1.54) is 19.1 Å². The smallest absolute Gasteiger partial charge is 0.317 e. The number of benzene rings is 1. The molecular formula is C15H22N4O5S. The fourth-order valence-corrected chi connectivity index (χ4v) is 3.65. The Labute approximate surface area is 146 Å². The first-order chi connectivity index (χ1) is 11.8. The molecule has 138 valence electrons. The first-order valence-corrected chi connectivity index (χ1v) is 9.57. The lowest BCUT2D eigenvalue weighted by molar-refractivity contribution is -0.385. The van der Waals surface area contributed by atoms with Crippen molar-refractivity contribution >= 4 is 21.7 Å². The molecule has 0 unspecified atom stereocenters. The van der Waals surface area contributed by atoms with E-state index >= 15 is 0 Å². The van der Waals surface area contributed by atoms with Crippen molar-refractivity contribution in [2.24, 2.45) is 0 Å². The van der Waals surface area contributed by atoms with Gasteiger partial charge in [-0.25, -0.2) is 17.9 Å². The Kier molecular flexibility index (Phi) is 6.32. The molecule has 0 aliphatic carbocycles. The van der Waals surface area contributed by atoms with Crippen molar-refractivity contribution in [1.29, 1.82) is 0 Å². The highest BCUT2D eigenvalue weighted by molar-refractivity contribution is 7.89. The number of piperidine rings is 1. The van der Waals surface area contributed by atoms with Gasteiger partial charge in [0.1, 0.15) is 0 Å². The van der Waals surface area contributed by atoms with Crippen LogP contribution in [0.2, 0.25) is 0 Å². The van der Waals surface area contributed by atoms with Gasteiger partial charge in [0.25, 0.3) is 5.69 Å². The molecule has 25 heavy (non-hydrogen) atoms. The Morgan fingerprint density at radius 3 is 2.56 bits per heavy atom. The third kappa shape index (κ3) is 5.13. The molecule has 2 rings (SSSR count). The number of carbonyl (C=O) groups excluding carboxylic acids is 1. The molecule has 9 nitrogen and oxygen atoms in total. The second-order valence-electron chi connectivity index (χ2n) is 5.88. The van der Waals surface area contributed by atoms with Crippen LogP contribution in [0.5, 0.6) is 0 Å². The number of hydrogen-bond acceptors (Lipinski definition) is 5. The van der Waals surface area contributed by atoms with Crippen molar-refractivity contribution in [2.75, 3.05) is 26.2 Å². The average molecular weight is 370 g/mol. The molecule has 10 heteroatoms. The lowest BCUT2D eigenvalue weighted by Crippen LogP contribution is -2.45. The van der Waals surface area contributed by atoms with E-state index in [4.69, 9.17) is 0 Å². The SMILES string of the molecule is Cc1ccc(S(=O)(=O)NCCNC(=O)N2CCCCC2)cc1[N+](=O)[O-]. The van der Waals surface area contributed by atoms with Gasteiger partial charge in [-0.1, -0.05) is 6.07 Å². The first-order valence-electron chi connectivity index (χ1n) is 8.09. The maximum absolute atomic E-state index is 12.2. The first kappa shape index (κ1) is 19.1. The predicted molar refractivity (Wildman–Crippen MR) is 91.8 cm³/mol. The van der Waals surface area contributed by atoms with Crippen molar-refractivity contribution < 1.29 is 18.1 Å². The Hall–Kier alpha value is -2.20. The molecule has 2 N–H and O–H groups in total. The number of nitrogens with one attached hydrogen (secondary N) is 2. The molecule has 1 aromatic carbocycles. The molecule has 2 amide bonds. The minimum atomic E-state index is -3.88.